The number of nitrogens with one attached hydrogen (secondary N) is 2. The molecule has 0 aliphatic carbocycles. The standard InChI is InChI=1S/C13H22N2OS/c1-5-11-9(3)7-12(17-11)13(16)15-8-10(4)14-6-2/h7,10,14H,5-6,8H2,1-4H3,(H,15,16)/t10-/m1/s1. The molecule has 1 rings (SSSR count). The Balaban J connectivity index is 2.52. The number of hydrogen-bond donors (Lipinski definition) is 2. The van der Waals surface area contributed by atoms with Gasteiger partial charge in [-0.05, 0) is 38.4 Å². The van der Waals surface area contributed by atoms with Crippen molar-refractivity contribution in [2.75, 3.05) is 13.1 Å². The van der Waals surface area contributed by atoms with Crippen molar-refractivity contribution >= 4 is 17.2 Å². The normalized spacial score (nSPS) is 12.5. The van der Waals surface area contributed by atoms with E-state index in [9.17, 15) is 4.79 Å². The van der Waals surface area contributed by atoms with Crippen molar-refractivity contribution in [1.29, 1.82) is 0 Å². The first-order valence-corrected chi connectivity index (χ1v) is 7.01. The SMILES string of the molecule is CCN[C@H](C)CNC(=O)c1cc(C)c(CC)s1. The summed E-state index contributed by atoms with van der Waals surface area (Å²) >= 11 is 1.60. The molecule has 0 aliphatic heterocycles. The fourth-order valence-corrected chi connectivity index (χ4v) is 2.77. The summed E-state index contributed by atoms with van der Waals surface area (Å²) in [5.41, 5.74) is 1.22. The summed E-state index contributed by atoms with van der Waals surface area (Å²) in [6.07, 6.45) is 0.998. The molecule has 3 nitrogen and oxygen atoms in total. The Morgan fingerprint density at radius 2 is 2.18 bits per heavy atom. The molecule has 1 aromatic heterocycles. The molecule has 0 radical (unpaired) electrons. The van der Waals surface area contributed by atoms with Crippen LogP contribution >= 0.6 is 11.3 Å². The number of carbonyl (C=O) groups is 1. The molecule has 0 saturated carbocycles. The highest BCUT2D eigenvalue weighted by Gasteiger charge is 2.11. The zero-order valence-corrected chi connectivity index (χ0v) is 11.9. The van der Waals surface area contributed by atoms with Crippen LogP contribution in [0.3, 0.4) is 0 Å². The molecule has 0 aliphatic rings. The number of aryl methyl sites for hydroxylation is 2. The minimum absolute atomic E-state index is 0.0440. The van der Waals surface area contributed by atoms with Gasteiger partial charge in [0.05, 0.1) is 4.88 Å². The van der Waals surface area contributed by atoms with E-state index in [0.717, 1.165) is 17.8 Å². The van der Waals surface area contributed by atoms with E-state index >= 15 is 0 Å². The van der Waals surface area contributed by atoms with E-state index in [0.29, 0.717) is 12.6 Å². The highest BCUT2D eigenvalue weighted by molar-refractivity contribution is 7.14. The summed E-state index contributed by atoms with van der Waals surface area (Å²) in [5.74, 6) is 0.0440. The van der Waals surface area contributed by atoms with E-state index in [1.165, 1.54) is 10.4 Å². The first-order valence-electron chi connectivity index (χ1n) is 6.19. The van der Waals surface area contributed by atoms with Crippen LogP contribution in [0.2, 0.25) is 0 Å². The Morgan fingerprint density at radius 3 is 2.71 bits per heavy atom. The lowest BCUT2D eigenvalue weighted by atomic mass is 10.2. The van der Waals surface area contributed by atoms with E-state index < -0.39 is 0 Å². The second kappa shape index (κ2) is 6.77. The molecule has 0 unspecified atom stereocenters. The predicted molar refractivity (Wildman–Crippen MR) is 73.9 cm³/mol. The summed E-state index contributed by atoms with van der Waals surface area (Å²) in [6, 6.07) is 2.30. The number of hydrogen-bond acceptors (Lipinski definition) is 3. The molecule has 1 atom stereocenters. The average molecular weight is 254 g/mol. The molecule has 0 saturated heterocycles. The van der Waals surface area contributed by atoms with Crippen LogP contribution < -0.4 is 10.6 Å². The molecule has 1 aromatic rings. The van der Waals surface area contributed by atoms with Gasteiger partial charge in [0.25, 0.3) is 5.91 Å². The number of carbonyl (C=O) groups excluding carboxylic acids is 1. The van der Waals surface area contributed by atoms with Crippen molar-refractivity contribution in [3.63, 3.8) is 0 Å². The van der Waals surface area contributed by atoms with Gasteiger partial charge in [0.1, 0.15) is 0 Å². The van der Waals surface area contributed by atoms with E-state index in [1.54, 1.807) is 11.3 Å². The molecule has 96 valence electrons. The topological polar surface area (TPSA) is 41.1 Å². The number of likely N-dealkylation sites (N-methyl/N-ethyl adjacent to an activating group) is 1. The van der Waals surface area contributed by atoms with E-state index in [1.807, 2.05) is 6.07 Å². The summed E-state index contributed by atoms with van der Waals surface area (Å²) in [6.45, 7) is 9.91. The fourth-order valence-electron chi connectivity index (χ4n) is 1.74. The second-order valence-corrected chi connectivity index (χ2v) is 5.38. The van der Waals surface area contributed by atoms with Crippen LogP contribution in [0.25, 0.3) is 0 Å². The molecule has 0 spiro atoms. The molecular formula is C13H22N2OS. The third-order valence-corrected chi connectivity index (χ3v) is 4.07. The average Bonchev–Trinajstić information content (AvgIpc) is 2.68. The van der Waals surface area contributed by atoms with Gasteiger partial charge in [-0.2, -0.15) is 0 Å². The van der Waals surface area contributed by atoms with Crippen LogP contribution in [-0.4, -0.2) is 25.0 Å². The zero-order chi connectivity index (χ0) is 12.8. The fraction of sp³-hybridized carbons (Fsp3) is 0.615. The zero-order valence-electron chi connectivity index (χ0n) is 11.1. The van der Waals surface area contributed by atoms with E-state index in [-0.39, 0.29) is 5.91 Å². The second-order valence-electron chi connectivity index (χ2n) is 4.24. The Morgan fingerprint density at radius 1 is 1.47 bits per heavy atom. The maximum absolute atomic E-state index is 11.9. The van der Waals surface area contributed by atoms with Gasteiger partial charge in [-0.1, -0.05) is 13.8 Å². The first kappa shape index (κ1) is 14.2. The van der Waals surface area contributed by atoms with E-state index in [4.69, 9.17) is 0 Å². The van der Waals surface area contributed by atoms with Gasteiger partial charge in [-0.15, -0.1) is 11.3 Å². The molecule has 0 aromatic carbocycles. The van der Waals surface area contributed by atoms with Gasteiger partial charge in [0.15, 0.2) is 0 Å². The van der Waals surface area contributed by atoms with Crippen molar-refractivity contribution in [3.8, 4) is 0 Å². The van der Waals surface area contributed by atoms with Crippen LogP contribution in [-0.2, 0) is 6.42 Å². The number of rotatable bonds is 6. The van der Waals surface area contributed by atoms with Crippen LogP contribution in [0.15, 0.2) is 6.07 Å². The largest absolute Gasteiger partial charge is 0.350 e. The van der Waals surface area contributed by atoms with Gasteiger partial charge < -0.3 is 10.6 Å². The Bertz CT molecular complexity index is 373. The molecular weight excluding hydrogens is 232 g/mol. The summed E-state index contributed by atoms with van der Waals surface area (Å²) in [5, 5.41) is 6.23. The Hall–Kier alpha value is -0.870. The molecule has 1 amide bonds. The maximum Gasteiger partial charge on any atom is 0.261 e. The predicted octanol–water partition coefficient (Wildman–Crippen LogP) is 2.35. The summed E-state index contributed by atoms with van der Waals surface area (Å²) in [7, 11) is 0. The smallest absolute Gasteiger partial charge is 0.261 e. The quantitative estimate of drug-likeness (QED) is 0.818. The van der Waals surface area contributed by atoms with Crippen LogP contribution in [0.1, 0.15) is 40.9 Å². The van der Waals surface area contributed by atoms with Gasteiger partial charge in [-0.25, -0.2) is 0 Å². The Kier molecular flexibility index (Phi) is 5.65. The highest BCUT2D eigenvalue weighted by Crippen LogP contribution is 2.22. The van der Waals surface area contributed by atoms with Gasteiger partial charge >= 0.3 is 0 Å². The van der Waals surface area contributed by atoms with Crippen molar-refractivity contribution in [2.24, 2.45) is 0 Å². The third-order valence-electron chi connectivity index (χ3n) is 2.69. The minimum atomic E-state index is 0.0440. The minimum Gasteiger partial charge on any atom is -0.350 e. The molecule has 0 fully saturated rings. The summed E-state index contributed by atoms with van der Waals surface area (Å²) in [4.78, 5) is 14.0. The first-order chi connectivity index (χ1) is 8.08. The maximum atomic E-state index is 11.9. The van der Waals surface area contributed by atoms with Gasteiger partial charge in [0.2, 0.25) is 0 Å². The highest BCUT2D eigenvalue weighted by atomic mass is 32.1. The number of thiophene rings is 1. The van der Waals surface area contributed by atoms with Crippen molar-refractivity contribution < 1.29 is 4.79 Å². The molecule has 4 heteroatoms. The van der Waals surface area contributed by atoms with Crippen molar-refractivity contribution in [2.45, 2.75) is 40.2 Å². The molecule has 1 heterocycles. The number of amides is 1. The Labute approximate surface area is 108 Å². The van der Waals surface area contributed by atoms with Crippen molar-refractivity contribution in [1.82, 2.24) is 10.6 Å². The lowest BCUT2D eigenvalue weighted by molar-refractivity contribution is 0.0954. The molecule has 2 N–H and O–H groups in total. The molecule has 0 bridgehead atoms. The lowest BCUT2D eigenvalue weighted by Crippen LogP contribution is -2.38. The van der Waals surface area contributed by atoms with Crippen LogP contribution in [0, 0.1) is 6.92 Å². The monoisotopic (exact) mass is 254 g/mol. The molecule has 17 heavy (non-hydrogen) atoms. The summed E-state index contributed by atoms with van der Waals surface area (Å²) < 4.78 is 0. The van der Waals surface area contributed by atoms with Crippen LogP contribution in [0.5, 0.6) is 0 Å². The van der Waals surface area contributed by atoms with Gasteiger partial charge in [-0.3, -0.25) is 4.79 Å². The third kappa shape index (κ3) is 4.13. The van der Waals surface area contributed by atoms with Gasteiger partial charge in [0, 0.05) is 17.5 Å². The van der Waals surface area contributed by atoms with Crippen LogP contribution in [0.4, 0.5) is 0 Å². The van der Waals surface area contributed by atoms with E-state index in [2.05, 4.69) is 38.3 Å². The van der Waals surface area contributed by atoms with Crippen molar-refractivity contribution in [3.05, 3.63) is 21.4 Å². The lowest BCUT2D eigenvalue weighted by Gasteiger charge is -2.12.